The molecule has 4 rings (SSSR count). The van der Waals surface area contributed by atoms with Crippen molar-refractivity contribution in [2.24, 2.45) is 0 Å². The first kappa shape index (κ1) is 15.2. The Morgan fingerprint density at radius 3 is 2.00 bits per heavy atom. The molecule has 122 valence electrons. The summed E-state index contributed by atoms with van der Waals surface area (Å²) in [7, 11) is 0. The molecule has 2 saturated carbocycles. The summed E-state index contributed by atoms with van der Waals surface area (Å²) in [4.78, 5) is 0. The van der Waals surface area contributed by atoms with Crippen molar-refractivity contribution in [2.45, 2.75) is 83.0 Å². The highest BCUT2D eigenvalue weighted by atomic mass is 14.2. The Kier molecular flexibility index (Phi) is 4.42. The minimum Gasteiger partial charge on any atom is -0.0581 e. The summed E-state index contributed by atoms with van der Waals surface area (Å²) in [6.07, 6.45) is 14.1. The highest BCUT2D eigenvalue weighted by Gasteiger charge is 2.19. The second kappa shape index (κ2) is 6.67. The molecule has 0 aromatic heterocycles. The first-order valence-corrected chi connectivity index (χ1v) is 9.86. The molecular formula is C23H30. The van der Waals surface area contributed by atoms with Crippen LogP contribution in [-0.4, -0.2) is 0 Å². The first-order valence-electron chi connectivity index (χ1n) is 9.86. The van der Waals surface area contributed by atoms with Gasteiger partial charge in [-0.3, -0.25) is 0 Å². The highest BCUT2D eigenvalue weighted by molar-refractivity contribution is 5.87. The van der Waals surface area contributed by atoms with E-state index in [1.165, 1.54) is 75.0 Å². The van der Waals surface area contributed by atoms with Crippen molar-refractivity contribution < 1.29 is 0 Å². The molecule has 2 aromatic carbocycles. The molecule has 2 fully saturated rings. The predicted molar refractivity (Wildman–Crippen MR) is 100 cm³/mol. The Balaban J connectivity index is 1.71. The molecule has 0 unspecified atom stereocenters. The van der Waals surface area contributed by atoms with Crippen LogP contribution < -0.4 is 0 Å². The van der Waals surface area contributed by atoms with Crippen molar-refractivity contribution >= 4 is 10.8 Å². The summed E-state index contributed by atoms with van der Waals surface area (Å²) in [5, 5.41) is 2.96. The van der Waals surface area contributed by atoms with Crippen LogP contribution in [0.15, 0.2) is 30.3 Å². The highest BCUT2D eigenvalue weighted by Crippen LogP contribution is 2.38. The second-order valence-corrected chi connectivity index (χ2v) is 7.93. The Morgan fingerprint density at radius 1 is 0.696 bits per heavy atom. The molecule has 2 aliphatic rings. The maximum absolute atomic E-state index is 2.53. The van der Waals surface area contributed by atoms with E-state index in [4.69, 9.17) is 0 Å². The first-order chi connectivity index (χ1) is 11.3. The van der Waals surface area contributed by atoms with E-state index < -0.39 is 0 Å². The number of fused-ring (bicyclic) bond motifs is 1. The largest absolute Gasteiger partial charge is 0.0581 e. The lowest BCUT2D eigenvalue weighted by Gasteiger charge is -2.25. The summed E-state index contributed by atoms with van der Waals surface area (Å²) >= 11 is 0. The molecule has 0 radical (unpaired) electrons. The van der Waals surface area contributed by atoms with Gasteiger partial charge < -0.3 is 0 Å². The van der Waals surface area contributed by atoms with Crippen molar-refractivity contribution in [1.82, 2.24) is 0 Å². The lowest BCUT2D eigenvalue weighted by molar-refractivity contribution is 0.442. The second-order valence-electron chi connectivity index (χ2n) is 7.93. The average molecular weight is 306 g/mol. The zero-order valence-corrected chi connectivity index (χ0v) is 14.6. The molecule has 0 saturated heterocycles. The van der Waals surface area contributed by atoms with Gasteiger partial charge in [0.25, 0.3) is 0 Å². The average Bonchev–Trinajstić information content (AvgIpc) is 2.63. The van der Waals surface area contributed by atoms with Crippen LogP contribution in [0.3, 0.4) is 0 Å². The van der Waals surface area contributed by atoms with Crippen LogP contribution >= 0.6 is 0 Å². The van der Waals surface area contributed by atoms with Gasteiger partial charge in [-0.2, -0.15) is 0 Å². The van der Waals surface area contributed by atoms with Crippen LogP contribution in [0, 0.1) is 6.92 Å². The van der Waals surface area contributed by atoms with E-state index in [0.29, 0.717) is 0 Å². The van der Waals surface area contributed by atoms with Crippen LogP contribution in [0.25, 0.3) is 10.8 Å². The van der Waals surface area contributed by atoms with Crippen LogP contribution in [0.1, 0.15) is 92.7 Å². The van der Waals surface area contributed by atoms with E-state index in [-0.39, 0.29) is 0 Å². The quantitative estimate of drug-likeness (QED) is 0.548. The predicted octanol–water partition coefficient (Wildman–Crippen LogP) is 7.24. The number of rotatable bonds is 2. The Morgan fingerprint density at radius 2 is 1.30 bits per heavy atom. The van der Waals surface area contributed by atoms with E-state index in [1.807, 2.05) is 0 Å². The number of hydrogen-bond donors (Lipinski definition) is 0. The molecular weight excluding hydrogens is 276 g/mol. The summed E-state index contributed by atoms with van der Waals surface area (Å²) in [6, 6.07) is 12.1. The summed E-state index contributed by atoms with van der Waals surface area (Å²) in [6.45, 7) is 2.37. The molecule has 0 amide bonds. The van der Waals surface area contributed by atoms with Gasteiger partial charge in [-0.25, -0.2) is 0 Å². The molecule has 0 heteroatoms. The van der Waals surface area contributed by atoms with Crippen LogP contribution in [0.5, 0.6) is 0 Å². The molecule has 2 aliphatic carbocycles. The van der Waals surface area contributed by atoms with E-state index in [1.54, 1.807) is 16.7 Å². The minimum absolute atomic E-state index is 0.811. The molecule has 0 nitrogen and oxygen atoms in total. The van der Waals surface area contributed by atoms with Crippen LogP contribution in [-0.2, 0) is 0 Å². The lowest BCUT2D eigenvalue weighted by Crippen LogP contribution is -2.07. The topological polar surface area (TPSA) is 0 Å². The summed E-state index contributed by atoms with van der Waals surface area (Å²) in [5.41, 5.74) is 4.80. The summed E-state index contributed by atoms with van der Waals surface area (Å²) in [5.74, 6) is 1.62. The molecule has 0 atom stereocenters. The van der Waals surface area contributed by atoms with E-state index in [9.17, 15) is 0 Å². The van der Waals surface area contributed by atoms with Gasteiger partial charge in [-0.15, -0.1) is 0 Å². The van der Waals surface area contributed by atoms with Crippen molar-refractivity contribution in [3.8, 4) is 0 Å². The Labute approximate surface area is 141 Å². The fourth-order valence-corrected chi connectivity index (χ4v) is 5.05. The molecule has 0 spiro atoms. The van der Waals surface area contributed by atoms with Crippen LogP contribution in [0.2, 0.25) is 0 Å². The van der Waals surface area contributed by atoms with Crippen LogP contribution in [0.4, 0.5) is 0 Å². The molecule has 2 aromatic rings. The van der Waals surface area contributed by atoms with Gasteiger partial charge in [0.1, 0.15) is 0 Å². The maximum atomic E-state index is 2.53. The Bertz CT molecular complexity index is 664. The van der Waals surface area contributed by atoms with E-state index in [0.717, 1.165) is 11.8 Å². The van der Waals surface area contributed by atoms with Gasteiger partial charge in [0.15, 0.2) is 0 Å². The van der Waals surface area contributed by atoms with Crippen molar-refractivity contribution in [2.75, 3.05) is 0 Å². The fourth-order valence-electron chi connectivity index (χ4n) is 5.05. The zero-order chi connectivity index (χ0) is 15.6. The molecule has 23 heavy (non-hydrogen) atoms. The molecule has 0 aliphatic heterocycles. The maximum Gasteiger partial charge on any atom is -0.0149 e. The third-order valence-corrected chi connectivity index (χ3v) is 6.48. The number of hydrogen-bond acceptors (Lipinski definition) is 0. The normalized spacial score (nSPS) is 20.9. The zero-order valence-electron chi connectivity index (χ0n) is 14.6. The van der Waals surface area contributed by atoms with E-state index in [2.05, 4.69) is 37.3 Å². The lowest BCUT2D eigenvalue weighted by atomic mass is 9.80. The SMILES string of the molecule is Cc1c(C2CCCCC2)ccc2ccc(C3CCCCC3)cc12. The third-order valence-electron chi connectivity index (χ3n) is 6.48. The molecule has 0 N–H and O–H groups in total. The minimum atomic E-state index is 0.811. The van der Waals surface area contributed by atoms with Gasteiger partial charge in [0.05, 0.1) is 0 Å². The fraction of sp³-hybridized carbons (Fsp3) is 0.565. The summed E-state index contributed by atoms with van der Waals surface area (Å²) < 4.78 is 0. The molecule has 0 heterocycles. The van der Waals surface area contributed by atoms with E-state index >= 15 is 0 Å². The standard InChI is InChI=1S/C23H30/c1-17-22(19-10-6-3-7-11-19)15-14-20-12-13-21(16-23(17)20)18-8-4-2-5-9-18/h12-16,18-19H,2-11H2,1H3. The smallest absolute Gasteiger partial charge is 0.0149 e. The van der Waals surface area contributed by atoms with Gasteiger partial charge in [-0.1, -0.05) is 68.9 Å². The monoisotopic (exact) mass is 306 g/mol. The van der Waals surface area contributed by atoms with Gasteiger partial charge in [0, 0.05) is 0 Å². The Hall–Kier alpha value is -1.30. The number of aryl methyl sites for hydroxylation is 1. The van der Waals surface area contributed by atoms with Crippen molar-refractivity contribution in [3.05, 3.63) is 47.0 Å². The third kappa shape index (κ3) is 3.05. The van der Waals surface area contributed by atoms with Crippen molar-refractivity contribution in [1.29, 1.82) is 0 Å². The van der Waals surface area contributed by atoms with Gasteiger partial charge >= 0.3 is 0 Å². The van der Waals surface area contributed by atoms with Crippen molar-refractivity contribution in [3.63, 3.8) is 0 Å². The van der Waals surface area contributed by atoms with Gasteiger partial charge in [0.2, 0.25) is 0 Å². The molecule has 0 bridgehead atoms. The number of benzene rings is 2. The van der Waals surface area contributed by atoms with Gasteiger partial charge in [-0.05, 0) is 71.9 Å².